The van der Waals surface area contributed by atoms with Crippen molar-refractivity contribution in [1.29, 1.82) is 0 Å². The van der Waals surface area contributed by atoms with Crippen LogP contribution in [-0.2, 0) is 28.1 Å². The van der Waals surface area contributed by atoms with E-state index in [-0.39, 0.29) is 37.3 Å². The van der Waals surface area contributed by atoms with Crippen molar-refractivity contribution in [3.63, 3.8) is 0 Å². The maximum atomic E-state index is 13.9. The molecule has 3 N–H and O–H groups in total. The number of anilines is 1. The van der Waals surface area contributed by atoms with Gasteiger partial charge in [-0.05, 0) is 60.9 Å². The molecule has 204 valence electrons. The van der Waals surface area contributed by atoms with Crippen molar-refractivity contribution in [1.82, 2.24) is 20.4 Å². The fourth-order valence-electron chi connectivity index (χ4n) is 6.05. The first kappa shape index (κ1) is 25.1. The molecule has 1 spiro atoms. The van der Waals surface area contributed by atoms with Crippen LogP contribution in [0.4, 0.5) is 19.7 Å². The van der Waals surface area contributed by atoms with Crippen LogP contribution in [-0.4, -0.2) is 59.9 Å². The first-order valence-corrected chi connectivity index (χ1v) is 13.3. The van der Waals surface area contributed by atoms with E-state index in [0.717, 1.165) is 28.9 Å². The molecule has 4 aliphatic rings. The second kappa shape index (κ2) is 9.55. The first-order valence-electron chi connectivity index (χ1n) is 13.3. The highest BCUT2D eigenvalue weighted by atomic mass is 19.1. The normalized spacial score (nSPS) is 23.9. The standard InChI is InChI=1S/C28H30FN5O5/c1-30-26(37)31-20-7-8-21-23(13-20)39-11-10-28(21)25(36)34(27(38)32-28)15-24(35)33-14-18-4-6-19(29)12-17(18)5-9-22(33)16-2-3-16/h4,6-8,12-13,16,22H,2-3,5,9-11,14-15H2,1H3,(H,32,38)(H2,30,31,37)/t22-,28-/m0/s1. The Kier molecular flexibility index (Phi) is 6.16. The van der Waals surface area contributed by atoms with Crippen molar-refractivity contribution in [2.75, 3.05) is 25.5 Å². The monoisotopic (exact) mass is 535 g/mol. The van der Waals surface area contributed by atoms with Gasteiger partial charge in [0.25, 0.3) is 5.91 Å². The van der Waals surface area contributed by atoms with Gasteiger partial charge in [-0.2, -0.15) is 0 Å². The van der Waals surface area contributed by atoms with Gasteiger partial charge in [0.05, 0.1) is 6.61 Å². The van der Waals surface area contributed by atoms with E-state index in [2.05, 4.69) is 16.0 Å². The van der Waals surface area contributed by atoms with Gasteiger partial charge in [-0.3, -0.25) is 14.5 Å². The number of amides is 6. The van der Waals surface area contributed by atoms with E-state index in [1.165, 1.54) is 19.2 Å². The number of fused-ring (bicyclic) bond motifs is 3. The van der Waals surface area contributed by atoms with Crippen molar-refractivity contribution in [2.24, 2.45) is 5.92 Å². The predicted molar refractivity (Wildman–Crippen MR) is 138 cm³/mol. The summed E-state index contributed by atoms with van der Waals surface area (Å²) in [6.07, 6.45) is 3.66. The molecule has 1 saturated heterocycles. The average Bonchev–Trinajstić information content (AvgIpc) is 3.75. The number of halogens is 1. The van der Waals surface area contributed by atoms with Crippen molar-refractivity contribution in [3.05, 3.63) is 58.9 Å². The number of aryl methyl sites for hydroxylation is 1. The highest BCUT2D eigenvalue weighted by Crippen LogP contribution is 2.43. The number of nitrogens with zero attached hydrogens (tertiary/aromatic N) is 2. The highest BCUT2D eigenvalue weighted by Gasteiger charge is 2.55. The highest BCUT2D eigenvalue weighted by molar-refractivity contribution is 6.10. The van der Waals surface area contributed by atoms with Crippen LogP contribution >= 0.6 is 0 Å². The van der Waals surface area contributed by atoms with Crippen molar-refractivity contribution < 1.29 is 28.3 Å². The fraction of sp³-hybridized carbons (Fsp3) is 0.429. The van der Waals surface area contributed by atoms with Crippen LogP contribution < -0.4 is 20.7 Å². The molecule has 2 atom stereocenters. The molecule has 2 aromatic rings. The number of hydrogen-bond acceptors (Lipinski definition) is 5. The molecule has 6 rings (SSSR count). The third-order valence-electron chi connectivity index (χ3n) is 8.24. The Hall–Kier alpha value is -4.15. The third-order valence-corrected chi connectivity index (χ3v) is 8.24. The summed E-state index contributed by atoms with van der Waals surface area (Å²) in [6, 6.07) is 8.50. The van der Waals surface area contributed by atoms with Gasteiger partial charge in [-0.25, -0.2) is 14.0 Å². The van der Waals surface area contributed by atoms with Gasteiger partial charge in [-0.1, -0.05) is 12.1 Å². The Morgan fingerprint density at radius 2 is 1.95 bits per heavy atom. The SMILES string of the molecule is CNC(=O)Nc1ccc2c(c1)OCC[C@]21NC(=O)N(CC(=O)N2Cc3ccc(F)cc3CC[C@H]2C2CC2)C1=O. The zero-order valence-corrected chi connectivity index (χ0v) is 21.6. The summed E-state index contributed by atoms with van der Waals surface area (Å²) in [5, 5.41) is 7.96. The quantitative estimate of drug-likeness (QED) is 0.520. The van der Waals surface area contributed by atoms with Gasteiger partial charge in [0.1, 0.15) is 18.1 Å². The molecule has 0 bridgehead atoms. The lowest BCUT2D eigenvalue weighted by atomic mass is 9.84. The molecule has 0 unspecified atom stereocenters. The van der Waals surface area contributed by atoms with Crippen molar-refractivity contribution >= 4 is 29.6 Å². The van der Waals surface area contributed by atoms with Gasteiger partial charge in [0, 0.05) is 43.4 Å². The van der Waals surface area contributed by atoms with Gasteiger partial charge in [0.15, 0.2) is 5.54 Å². The van der Waals surface area contributed by atoms with E-state index < -0.39 is 23.5 Å². The van der Waals surface area contributed by atoms with Crippen molar-refractivity contribution in [2.45, 2.75) is 50.2 Å². The number of hydrogen-bond donors (Lipinski definition) is 3. The Morgan fingerprint density at radius 1 is 1.13 bits per heavy atom. The molecule has 1 aliphatic carbocycles. The average molecular weight is 536 g/mol. The molecule has 11 heteroatoms. The molecule has 39 heavy (non-hydrogen) atoms. The predicted octanol–water partition coefficient (Wildman–Crippen LogP) is 2.86. The van der Waals surface area contributed by atoms with E-state index in [9.17, 15) is 23.6 Å². The first-order chi connectivity index (χ1) is 18.8. The molecule has 3 aliphatic heterocycles. The van der Waals surface area contributed by atoms with Crippen LogP contribution in [0.3, 0.4) is 0 Å². The second-order valence-corrected chi connectivity index (χ2v) is 10.6. The van der Waals surface area contributed by atoms with Crippen molar-refractivity contribution in [3.8, 4) is 5.75 Å². The van der Waals surface area contributed by atoms with E-state index in [1.807, 2.05) is 0 Å². The van der Waals surface area contributed by atoms with E-state index in [4.69, 9.17) is 4.74 Å². The Morgan fingerprint density at radius 3 is 2.72 bits per heavy atom. The van der Waals surface area contributed by atoms with Crippen LogP contribution in [0.25, 0.3) is 0 Å². The number of rotatable bonds is 4. The van der Waals surface area contributed by atoms with Crippen LogP contribution in [0.1, 0.15) is 42.4 Å². The summed E-state index contributed by atoms with van der Waals surface area (Å²) < 4.78 is 19.7. The minimum absolute atomic E-state index is 0.0160. The molecule has 6 amide bonds. The molecular formula is C28H30FN5O5. The lowest BCUT2D eigenvalue weighted by Gasteiger charge is -2.34. The number of nitrogens with one attached hydrogen (secondary N) is 3. The number of ether oxygens (including phenoxy) is 1. The Bertz CT molecular complexity index is 1380. The Balaban J connectivity index is 1.24. The molecule has 10 nitrogen and oxygen atoms in total. The lowest BCUT2D eigenvalue weighted by molar-refractivity contribution is -0.141. The van der Waals surface area contributed by atoms with Gasteiger partial charge in [-0.15, -0.1) is 0 Å². The summed E-state index contributed by atoms with van der Waals surface area (Å²) in [7, 11) is 1.50. The molecule has 0 radical (unpaired) electrons. The zero-order valence-electron chi connectivity index (χ0n) is 21.6. The summed E-state index contributed by atoms with van der Waals surface area (Å²) in [6.45, 7) is 0.119. The van der Waals surface area contributed by atoms with Crippen LogP contribution in [0.2, 0.25) is 0 Å². The number of urea groups is 2. The van der Waals surface area contributed by atoms with E-state index >= 15 is 0 Å². The van der Waals surface area contributed by atoms with E-state index in [1.54, 1.807) is 29.2 Å². The zero-order chi connectivity index (χ0) is 27.3. The molecular weight excluding hydrogens is 505 g/mol. The molecule has 2 aromatic carbocycles. The minimum Gasteiger partial charge on any atom is -0.493 e. The minimum atomic E-state index is -1.35. The maximum absolute atomic E-state index is 13.9. The number of carbonyl (C=O) groups is 4. The van der Waals surface area contributed by atoms with Gasteiger partial charge >= 0.3 is 12.1 Å². The number of imide groups is 1. The second-order valence-electron chi connectivity index (χ2n) is 10.6. The van der Waals surface area contributed by atoms with Crippen LogP contribution in [0, 0.1) is 11.7 Å². The Labute approximate surface area is 224 Å². The largest absolute Gasteiger partial charge is 0.493 e. The fourth-order valence-corrected chi connectivity index (χ4v) is 6.05. The number of carbonyl (C=O) groups excluding carboxylic acids is 4. The van der Waals surface area contributed by atoms with Crippen LogP contribution in [0.15, 0.2) is 36.4 Å². The molecule has 1 saturated carbocycles. The number of benzene rings is 2. The molecule has 0 aromatic heterocycles. The molecule has 3 heterocycles. The topological polar surface area (TPSA) is 120 Å². The summed E-state index contributed by atoms with van der Waals surface area (Å²) in [4.78, 5) is 55.2. The summed E-state index contributed by atoms with van der Waals surface area (Å²) in [5.41, 5.74) is 1.39. The van der Waals surface area contributed by atoms with Gasteiger partial charge in [0.2, 0.25) is 5.91 Å². The van der Waals surface area contributed by atoms with E-state index in [0.29, 0.717) is 42.3 Å². The van der Waals surface area contributed by atoms with Crippen LogP contribution in [0.5, 0.6) is 5.75 Å². The summed E-state index contributed by atoms with van der Waals surface area (Å²) >= 11 is 0. The smallest absolute Gasteiger partial charge is 0.325 e. The maximum Gasteiger partial charge on any atom is 0.325 e. The summed E-state index contributed by atoms with van der Waals surface area (Å²) in [5.74, 6) is -0.348. The third kappa shape index (κ3) is 4.45. The molecule has 2 fully saturated rings. The lowest BCUT2D eigenvalue weighted by Crippen LogP contribution is -2.49. The van der Waals surface area contributed by atoms with Gasteiger partial charge < -0.3 is 25.6 Å².